The summed E-state index contributed by atoms with van der Waals surface area (Å²) in [4.78, 5) is 38.8. The molecule has 0 atom stereocenters. The number of imide groups is 1. The van der Waals surface area contributed by atoms with Crippen molar-refractivity contribution in [1.29, 1.82) is 0 Å². The van der Waals surface area contributed by atoms with E-state index in [1.807, 2.05) is 12.1 Å². The van der Waals surface area contributed by atoms with E-state index in [1.54, 1.807) is 42.5 Å². The van der Waals surface area contributed by atoms with Gasteiger partial charge in [-0.2, -0.15) is 0 Å². The van der Waals surface area contributed by atoms with Crippen molar-refractivity contribution in [2.24, 2.45) is 0 Å². The Hall–Kier alpha value is -3.54. The van der Waals surface area contributed by atoms with Crippen LogP contribution in [0.2, 0.25) is 0 Å². The van der Waals surface area contributed by atoms with Gasteiger partial charge < -0.3 is 5.32 Å². The van der Waals surface area contributed by atoms with Crippen molar-refractivity contribution in [3.63, 3.8) is 0 Å². The standard InChI is InChI=1S/C22H17FN2O3/c23-18-10-2-1-5-15(18)13-24-19(26)11-12-25-21(27)16-8-3-6-14-7-4-9-17(20(14)16)22(25)28/h1-10H,11-13H2,(H,24,26). The molecule has 0 unspecified atom stereocenters. The van der Waals surface area contributed by atoms with Gasteiger partial charge in [-0.05, 0) is 23.6 Å². The third kappa shape index (κ3) is 3.13. The summed E-state index contributed by atoms with van der Waals surface area (Å²) in [7, 11) is 0. The molecule has 0 aromatic heterocycles. The van der Waals surface area contributed by atoms with Gasteiger partial charge in [-0.25, -0.2) is 4.39 Å². The molecular formula is C22H17FN2O3. The maximum Gasteiger partial charge on any atom is 0.261 e. The Bertz CT molecular complexity index is 1060. The number of benzene rings is 3. The van der Waals surface area contributed by atoms with Crippen LogP contribution in [-0.4, -0.2) is 29.2 Å². The Labute approximate surface area is 160 Å². The van der Waals surface area contributed by atoms with Gasteiger partial charge in [-0.3, -0.25) is 19.3 Å². The molecule has 0 saturated heterocycles. The summed E-state index contributed by atoms with van der Waals surface area (Å²) in [6, 6.07) is 16.8. The number of nitrogens with one attached hydrogen (secondary N) is 1. The molecule has 1 aliphatic rings. The van der Waals surface area contributed by atoms with Crippen LogP contribution in [0.1, 0.15) is 32.7 Å². The van der Waals surface area contributed by atoms with E-state index in [9.17, 15) is 18.8 Å². The fraction of sp³-hybridized carbons (Fsp3) is 0.136. The molecule has 28 heavy (non-hydrogen) atoms. The van der Waals surface area contributed by atoms with Crippen molar-refractivity contribution >= 4 is 28.5 Å². The van der Waals surface area contributed by atoms with Gasteiger partial charge in [0.15, 0.2) is 0 Å². The predicted octanol–water partition coefficient (Wildman–Crippen LogP) is 3.28. The molecule has 0 saturated carbocycles. The molecule has 3 aromatic rings. The van der Waals surface area contributed by atoms with Crippen LogP contribution in [0.25, 0.3) is 10.8 Å². The number of amides is 3. The summed E-state index contributed by atoms with van der Waals surface area (Å²) in [5.74, 6) is -1.57. The van der Waals surface area contributed by atoms with Crippen molar-refractivity contribution in [3.05, 3.63) is 83.2 Å². The third-order valence-corrected chi connectivity index (χ3v) is 4.85. The van der Waals surface area contributed by atoms with Crippen LogP contribution in [0.4, 0.5) is 4.39 Å². The Morgan fingerprint density at radius 3 is 2.18 bits per heavy atom. The molecule has 0 radical (unpaired) electrons. The largest absolute Gasteiger partial charge is 0.352 e. The Kier molecular flexibility index (Phi) is 4.61. The summed E-state index contributed by atoms with van der Waals surface area (Å²) in [6.45, 7) is 0.0149. The van der Waals surface area contributed by atoms with E-state index in [-0.39, 0.29) is 25.4 Å². The lowest BCUT2D eigenvalue weighted by molar-refractivity contribution is -0.121. The zero-order valence-corrected chi connectivity index (χ0v) is 14.9. The van der Waals surface area contributed by atoms with Gasteiger partial charge >= 0.3 is 0 Å². The van der Waals surface area contributed by atoms with E-state index in [0.29, 0.717) is 22.1 Å². The second-order valence-electron chi connectivity index (χ2n) is 6.59. The van der Waals surface area contributed by atoms with E-state index in [2.05, 4.69) is 5.32 Å². The quantitative estimate of drug-likeness (QED) is 0.695. The first-order valence-corrected chi connectivity index (χ1v) is 8.94. The lowest BCUT2D eigenvalue weighted by Crippen LogP contribution is -2.42. The van der Waals surface area contributed by atoms with Crippen LogP contribution in [0, 0.1) is 5.82 Å². The van der Waals surface area contributed by atoms with Crippen molar-refractivity contribution in [2.75, 3.05) is 6.54 Å². The van der Waals surface area contributed by atoms with Crippen LogP contribution in [0.3, 0.4) is 0 Å². The third-order valence-electron chi connectivity index (χ3n) is 4.85. The van der Waals surface area contributed by atoms with E-state index in [0.717, 1.165) is 10.3 Å². The van der Waals surface area contributed by atoms with Gasteiger partial charge in [-0.1, -0.05) is 42.5 Å². The minimum absolute atomic E-state index is 0.0362. The van der Waals surface area contributed by atoms with Gasteiger partial charge in [-0.15, -0.1) is 0 Å². The van der Waals surface area contributed by atoms with Crippen LogP contribution < -0.4 is 5.32 Å². The lowest BCUT2D eigenvalue weighted by Gasteiger charge is -2.27. The maximum atomic E-state index is 13.6. The highest BCUT2D eigenvalue weighted by molar-refractivity contribution is 6.25. The molecule has 6 heteroatoms. The average Bonchev–Trinajstić information content (AvgIpc) is 2.71. The summed E-state index contributed by atoms with van der Waals surface area (Å²) >= 11 is 0. The Balaban J connectivity index is 1.46. The number of hydrogen-bond donors (Lipinski definition) is 1. The number of halogens is 1. The fourth-order valence-electron chi connectivity index (χ4n) is 3.42. The summed E-state index contributed by atoms with van der Waals surface area (Å²) in [6.07, 6.45) is -0.0515. The number of hydrogen-bond acceptors (Lipinski definition) is 3. The zero-order chi connectivity index (χ0) is 19.7. The van der Waals surface area contributed by atoms with Gasteiger partial charge in [0, 0.05) is 41.6 Å². The first kappa shape index (κ1) is 17.9. The van der Waals surface area contributed by atoms with Crippen molar-refractivity contribution in [2.45, 2.75) is 13.0 Å². The summed E-state index contributed by atoms with van der Waals surface area (Å²) in [5.41, 5.74) is 1.29. The van der Waals surface area contributed by atoms with Crippen LogP contribution in [0.5, 0.6) is 0 Å². The van der Waals surface area contributed by atoms with E-state index in [4.69, 9.17) is 0 Å². The van der Waals surface area contributed by atoms with Gasteiger partial charge in [0.25, 0.3) is 11.8 Å². The van der Waals surface area contributed by atoms with Crippen molar-refractivity contribution in [1.82, 2.24) is 10.2 Å². The maximum absolute atomic E-state index is 13.6. The SMILES string of the molecule is O=C(CCN1C(=O)c2cccc3cccc(c23)C1=O)NCc1ccccc1F. The molecule has 4 rings (SSSR count). The van der Waals surface area contributed by atoms with Crippen LogP contribution >= 0.6 is 0 Å². The number of carbonyl (C=O) groups excluding carboxylic acids is 3. The normalized spacial score (nSPS) is 13.1. The van der Waals surface area contributed by atoms with E-state index < -0.39 is 17.6 Å². The van der Waals surface area contributed by atoms with Gasteiger partial charge in [0.1, 0.15) is 5.82 Å². The predicted molar refractivity (Wildman–Crippen MR) is 102 cm³/mol. The smallest absolute Gasteiger partial charge is 0.261 e. The second-order valence-corrected chi connectivity index (χ2v) is 6.59. The first-order chi connectivity index (χ1) is 13.6. The lowest BCUT2D eigenvalue weighted by atomic mass is 9.94. The Morgan fingerprint density at radius 2 is 1.54 bits per heavy atom. The molecule has 0 aliphatic carbocycles. The molecule has 1 heterocycles. The molecule has 0 spiro atoms. The summed E-state index contributed by atoms with van der Waals surface area (Å²) < 4.78 is 13.6. The van der Waals surface area contributed by atoms with Gasteiger partial charge in [0.05, 0.1) is 0 Å². The van der Waals surface area contributed by atoms with E-state index in [1.165, 1.54) is 6.07 Å². The molecule has 1 aliphatic heterocycles. The van der Waals surface area contributed by atoms with E-state index >= 15 is 0 Å². The zero-order valence-electron chi connectivity index (χ0n) is 14.9. The molecule has 0 bridgehead atoms. The molecule has 1 N–H and O–H groups in total. The summed E-state index contributed by atoms with van der Waals surface area (Å²) in [5, 5.41) is 4.11. The Morgan fingerprint density at radius 1 is 0.893 bits per heavy atom. The van der Waals surface area contributed by atoms with Crippen LogP contribution in [-0.2, 0) is 11.3 Å². The van der Waals surface area contributed by atoms with Crippen molar-refractivity contribution in [3.8, 4) is 0 Å². The van der Waals surface area contributed by atoms with Gasteiger partial charge in [0.2, 0.25) is 5.91 Å². The highest BCUT2D eigenvalue weighted by Crippen LogP contribution is 2.29. The molecule has 3 amide bonds. The molecular weight excluding hydrogens is 359 g/mol. The molecule has 5 nitrogen and oxygen atoms in total. The minimum Gasteiger partial charge on any atom is -0.352 e. The molecule has 140 valence electrons. The highest BCUT2D eigenvalue weighted by Gasteiger charge is 2.32. The second kappa shape index (κ2) is 7.23. The number of rotatable bonds is 5. The molecule has 0 fully saturated rings. The first-order valence-electron chi connectivity index (χ1n) is 8.94. The average molecular weight is 376 g/mol. The topological polar surface area (TPSA) is 66.5 Å². The molecule has 3 aromatic carbocycles. The van der Waals surface area contributed by atoms with Crippen molar-refractivity contribution < 1.29 is 18.8 Å². The number of carbonyl (C=O) groups is 3. The minimum atomic E-state index is -0.406. The van der Waals surface area contributed by atoms with Crippen LogP contribution in [0.15, 0.2) is 60.7 Å². The monoisotopic (exact) mass is 376 g/mol. The highest BCUT2D eigenvalue weighted by atomic mass is 19.1. The number of nitrogens with zero attached hydrogens (tertiary/aromatic N) is 1. The fourth-order valence-corrected chi connectivity index (χ4v) is 3.42.